The van der Waals surface area contributed by atoms with E-state index in [1.165, 1.54) is 0 Å². The summed E-state index contributed by atoms with van der Waals surface area (Å²) in [6.45, 7) is 2.29. The topological polar surface area (TPSA) is 129 Å². The highest BCUT2D eigenvalue weighted by Gasteiger charge is 2.76. The van der Waals surface area contributed by atoms with E-state index in [9.17, 15) is 19.5 Å². The van der Waals surface area contributed by atoms with E-state index in [1.54, 1.807) is 21.3 Å². The van der Waals surface area contributed by atoms with E-state index in [-0.39, 0.29) is 41.1 Å². The van der Waals surface area contributed by atoms with Crippen LogP contribution >= 0.6 is 27.7 Å². The number of hydrogen-bond acceptors (Lipinski definition) is 7. The number of nitrogens with zero attached hydrogens (tertiary/aromatic N) is 4. The molecule has 216 valence electrons. The molecule has 3 aromatic rings. The zero-order chi connectivity index (χ0) is 28.7. The van der Waals surface area contributed by atoms with Crippen molar-refractivity contribution in [1.82, 2.24) is 30.5 Å². The Bertz CT molecular complexity index is 1460. The predicted octanol–water partition coefficient (Wildman–Crippen LogP) is 2.10. The van der Waals surface area contributed by atoms with Crippen LogP contribution in [0, 0.1) is 11.8 Å². The van der Waals surface area contributed by atoms with Gasteiger partial charge in [-0.2, -0.15) is 0 Å². The third-order valence-electron chi connectivity index (χ3n) is 8.57. The third kappa shape index (κ3) is 4.73. The van der Waals surface area contributed by atoms with Crippen molar-refractivity contribution in [3.63, 3.8) is 0 Å². The summed E-state index contributed by atoms with van der Waals surface area (Å²) in [7, 11) is 0. The van der Waals surface area contributed by atoms with Crippen LogP contribution in [0.3, 0.4) is 0 Å². The van der Waals surface area contributed by atoms with Gasteiger partial charge in [0.05, 0.1) is 34.7 Å². The highest BCUT2D eigenvalue weighted by Crippen LogP contribution is 2.68. The van der Waals surface area contributed by atoms with Crippen LogP contribution in [0.4, 0.5) is 0 Å². The summed E-state index contributed by atoms with van der Waals surface area (Å²) in [5.41, 5.74) is 2.45. The van der Waals surface area contributed by atoms with Crippen LogP contribution in [0.25, 0.3) is 11.0 Å². The summed E-state index contributed by atoms with van der Waals surface area (Å²) < 4.78 is 0.813. The lowest BCUT2D eigenvalue weighted by molar-refractivity contribution is -0.142. The minimum atomic E-state index is -0.866. The summed E-state index contributed by atoms with van der Waals surface area (Å²) in [4.78, 5) is 43.6. The Hall–Kier alpha value is -2.96. The van der Waals surface area contributed by atoms with Crippen LogP contribution in [0.1, 0.15) is 25.3 Å². The Morgan fingerprint density at radius 1 is 1.15 bits per heavy atom. The molecular formula is C29H33BrN6O4S. The number of carbonyl (C=O) groups excluding carboxylic acids is 3. The first-order valence-corrected chi connectivity index (χ1v) is 15.8. The predicted molar refractivity (Wildman–Crippen MR) is 159 cm³/mol. The fraction of sp³-hybridized carbons (Fsp3) is 0.483. The summed E-state index contributed by atoms with van der Waals surface area (Å²) in [5, 5.41) is 24.8. The van der Waals surface area contributed by atoms with Gasteiger partial charge in [-0.05, 0) is 37.0 Å². The number of hydrogen-bond donors (Lipinski definition) is 3. The van der Waals surface area contributed by atoms with Crippen LogP contribution in [0.15, 0.2) is 54.6 Å². The second kappa shape index (κ2) is 11.4. The van der Waals surface area contributed by atoms with Gasteiger partial charge in [0.25, 0.3) is 0 Å². The summed E-state index contributed by atoms with van der Waals surface area (Å²) in [6, 6.07) is 15.6. The fourth-order valence-corrected chi connectivity index (χ4v) is 10.4. The Morgan fingerprint density at radius 2 is 1.90 bits per heavy atom. The van der Waals surface area contributed by atoms with Gasteiger partial charge in [0.1, 0.15) is 18.2 Å². The molecule has 6 rings (SSSR count). The van der Waals surface area contributed by atoms with E-state index in [0.29, 0.717) is 24.9 Å². The molecule has 1 spiro atoms. The highest BCUT2D eigenvalue weighted by atomic mass is 79.9. The first-order chi connectivity index (χ1) is 19.9. The summed E-state index contributed by atoms with van der Waals surface area (Å²) in [5.74, 6) is -1.93. The molecule has 3 amide bonds. The number of likely N-dealkylation sites (tertiary alicyclic amines) is 1. The maximum absolute atomic E-state index is 14.4. The van der Waals surface area contributed by atoms with E-state index in [0.717, 1.165) is 17.5 Å². The van der Waals surface area contributed by atoms with Gasteiger partial charge in [-0.3, -0.25) is 14.4 Å². The number of fused-ring (bicyclic) bond motifs is 2. The molecule has 0 radical (unpaired) electrons. The second-order valence-electron chi connectivity index (χ2n) is 11.0. The van der Waals surface area contributed by atoms with Gasteiger partial charge in [0.15, 0.2) is 0 Å². The summed E-state index contributed by atoms with van der Waals surface area (Å²) >= 11 is 5.38. The van der Waals surface area contributed by atoms with Crippen molar-refractivity contribution in [2.75, 3.05) is 13.2 Å². The van der Waals surface area contributed by atoms with E-state index < -0.39 is 28.7 Å². The number of alkyl halides is 1. The van der Waals surface area contributed by atoms with Gasteiger partial charge in [0, 0.05) is 16.6 Å². The molecule has 3 aliphatic rings. The Kier molecular flexibility index (Phi) is 7.82. The van der Waals surface area contributed by atoms with Crippen LogP contribution < -0.4 is 10.6 Å². The number of para-hydroxylation sites is 1. The monoisotopic (exact) mass is 640 g/mol. The van der Waals surface area contributed by atoms with E-state index >= 15 is 0 Å². The van der Waals surface area contributed by atoms with Gasteiger partial charge in [-0.1, -0.05) is 70.5 Å². The molecular weight excluding hydrogens is 608 g/mol. The lowest BCUT2D eigenvalue weighted by Crippen LogP contribution is -2.57. The number of carbonyl (C=O) groups is 3. The molecule has 10 nitrogen and oxygen atoms in total. The van der Waals surface area contributed by atoms with Crippen LogP contribution in [-0.2, 0) is 27.5 Å². The van der Waals surface area contributed by atoms with Crippen molar-refractivity contribution >= 4 is 56.4 Å². The van der Waals surface area contributed by atoms with Gasteiger partial charge in [-0.15, -0.1) is 16.9 Å². The maximum Gasteiger partial charge on any atom is 0.245 e. The number of benzene rings is 2. The third-order valence-corrected chi connectivity index (χ3v) is 11.8. The van der Waals surface area contributed by atoms with Crippen LogP contribution in [0.5, 0.6) is 0 Å². The second-order valence-corrected chi connectivity index (χ2v) is 13.7. The van der Waals surface area contributed by atoms with Crippen molar-refractivity contribution in [1.29, 1.82) is 0 Å². The zero-order valence-corrected chi connectivity index (χ0v) is 25.1. The molecule has 41 heavy (non-hydrogen) atoms. The van der Waals surface area contributed by atoms with Gasteiger partial charge < -0.3 is 20.6 Å². The minimum absolute atomic E-state index is 0.0230. The van der Waals surface area contributed by atoms with E-state index in [2.05, 4.69) is 36.9 Å². The lowest BCUT2D eigenvalue weighted by atomic mass is 9.70. The van der Waals surface area contributed by atoms with E-state index in [1.807, 2.05) is 61.5 Å². The molecule has 2 bridgehead atoms. The molecule has 1 aromatic heterocycles. The smallest absolute Gasteiger partial charge is 0.245 e. The number of aliphatic hydroxyl groups excluding tert-OH is 1. The van der Waals surface area contributed by atoms with Crippen LogP contribution in [-0.4, -0.2) is 82.8 Å². The molecule has 3 saturated heterocycles. The number of rotatable bonds is 10. The quantitative estimate of drug-likeness (QED) is 0.289. The first-order valence-electron chi connectivity index (χ1n) is 14.0. The van der Waals surface area contributed by atoms with Crippen LogP contribution in [0.2, 0.25) is 0 Å². The molecule has 3 N–H and O–H groups in total. The number of aliphatic hydroxyl groups is 1. The highest BCUT2D eigenvalue weighted by molar-refractivity contribution is 9.09. The largest absolute Gasteiger partial charge is 0.394 e. The molecule has 3 fully saturated rings. The Balaban J connectivity index is 1.35. The molecule has 4 heterocycles. The molecule has 12 heteroatoms. The molecule has 2 aromatic carbocycles. The standard InChI is InChI=1S/C29H33BrN6O4S/c1-2-12-31-26(38)22-23-28(40)36(18(15-37)13-17-8-4-3-5-9-17)25(29(23)14-19(30)24(22)41-29)27(39)32-16-35-21-11-7-6-10-20(21)33-34-35/h3-11,18-19,22-25,37H,2,12-16H2,1H3,(H,31,38)(H,32,39)/t18-,19?,22+,23+,24+,25?,29?/m1/s1. The number of aromatic nitrogens is 3. The van der Waals surface area contributed by atoms with Gasteiger partial charge in [-0.25, -0.2) is 4.68 Å². The Morgan fingerprint density at radius 3 is 2.66 bits per heavy atom. The van der Waals surface area contributed by atoms with Crippen molar-refractivity contribution in [2.45, 2.75) is 59.8 Å². The van der Waals surface area contributed by atoms with E-state index in [4.69, 9.17) is 0 Å². The molecule has 3 unspecified atom stereocenters. The number of thioether (sulfide) groups is 1. The fourth-order valence-electron chi connectivity index (χ4n) is 6.85. The molecule has 0 aliphatic carbocycles. The first kappa shape index (κ1) is 28.2. The summed E-state index contributed by atoms with van der Waals surface area (Å²) in [6.07, 6.45) is 1.75. The zero-order valence-electron chi connectivity index (χ0n) is 22.6. The lowest BCUT2D eigenvalue weighted by Gasteiger charge is -2.37. The average molecular weight is 642 g/mol. The minimum Gasteiger partial charge on any atom is -0.394 e. The van der Waals surface area contributed by atoms with Crippen molar-refractivity contribution in [3.8, 4) is 0 Å². The Labute approximate surface area is 250 Å². The molecule has 3 aliphatic heterocycles. The maximum atomic E-state index is 14.4. The van der Waals surface area contributed by atoms with Crippen molar-refractivity contribution in [2.24, 2.45) is 11.8 Å². The molecule has 7 atom stereocenters. The van der Waals surface area contributed by atoms with Crippen molar-refractivity contribution < 1.29 is 19.5 Å². The average Bonchev–Trinajstić information content (AvgIpc) is 3.71. The number of amides is 3. The normalized spacial score (nSPS) is 29.1. The van der Waals surface area contributed by atoms with Crippen molar-refractivity contribution in [3.05, 3.63) is 60.2 Å². The van der Waals surface area contributed by atoms with Gasteiger partial charge in [0.2, 0.25) is 17.7 Å². The SMILES string of the molecule is CCCNC(=O)[C@H]1[C@H]2C(=O)N([C@@H](CO)Cc3ccccc3)C(C(=O)NCn3nnc4ccccc43)C23CC(Br)[C@@H]1S3. The number of nitrogens with one attached hydrogen (secondary N) is 2. The molecule has 0 saturated carbocycles. The van der Waals surface area contributed by atoms with Gasteiger partial charge >= 0.3 is 0 Å². The number of halogens is 1.